The number of rotatable bonds is 5. The smallest absolute Gasteiger partial charge is 0.253 e. The molecule has 0 radical (unpaired) electrons. The largest absolute Gasteiger partial charge is 0.492 e. The molecule has 1 amide bonds. The number of hydrogen-bond donors (Lipinski definition) is 0. The monoisotopic (exact) mass is 377 g/mol. The number of nitrogens with zero attached hydrogens (tertiary/aromatic N) is 5. The average Bonchev–Trinajstić information content (AvgIpc) is 3.29. The van der Waals surface area contributed by atoms with Crippen molar-refractivity contribution in [2.45, 2.75) is 6.92 Å². The van der Waals surface area contributed by atoms with E-state index in [0.717, 1.165) is 30.2 Å². The maximum Gasteiger partial charge on any atom is 0.253 e. The molecule has 0 atom stereocenters. The third-order valence-corrected chi connectivity index (χ3v) is 4.87. The van der Waals surface area contributed by atoms with Gasteiger partial charge in [-0.2, -0.15) is 5.10 Å². The Labute approximate surface area is 164 Å². The Hall–Kier alpha value is -3.35. The molecule has 1 aliphatic rings. The van der Waals surface area contributed by atoms with Crippen LogP contribution in [-0.4, -0.2) is 58.4 Å². The molecular weight excluding hydrogens is 354 g/mol. The number of amides is 1. The van der Waals surface area contributed by atoms with Crippen LogP contribution in [0.1, 0.15) is 17.3 Å². The highest BCUT2D eigenvalue weighted by atomic mass is 16.5. The quantitative estimate of drug-likeness (QED) is 0.684. The molecule has 0 N–H and O–H groups in total. The Kier molecular flexibility index (Phi) is 5.23. The van der Waals surface area contributed by atoms with E-state index < -0.39 is 0 Å². The lowest BCUT2D eigenvalue weighted by Crippen LogP contribution is -2.48. The van der Waals surface area contributed by atoms with Crippen molar-refractivity contribution in [3.05, 3.63) is 66.7 Å². The summed E-state index contributed by atoms with van der Waals surface area (Å²) in [6.45, 7) is 5.57. The van der Waals surface area contributed by atoms with E-state index in [1.54, 1.807) is 11.0 Å². The summed E-state index contributed by atoms with van der Waals surface area (Å²) in [5, 5.41) is 4.10. The van der Waals surface area contributed by atoms with Crippen molar-refractivity contribution in [2.75, 3.05) is 37.7 Å². The van der Waals surface area contributed by atoms with Gasteiger partial charge in [-0.05, 0) is 43.3 Å². The van der Waals surface area contributed by atoms with Crippen molar-refractivity contribution in [1.82, 2.24) is 19.7 Å². The van der Waals surface area contributed by atoms with Crippen LogP contribution >= 0.6 is 0 Å². The second-order valence-corrected chi connectivity index (χ2v) is 6.57. The van der Waals surface area contributed by atoms with E-state index in [1.807, 2.05) is 54.3 Å². The zero-order valence-electron chi connectivity index (χ0n) is 15.9. The topological polar surface area (TPSA) is 63.5 Å². The highest BCUT2D eigenvalue weighted by Gasteiger charge is 2.23. The minimum absolute atomic E-state index is 0.0582. The number of ether oxygens (including phenoxy) is 1. The fourth-order valence-electron chi connectivity index (χ4n) is 3.43. The van der Waals surface area contributed by atoms with Crippen molar-refractivity contribution >= 4 is 11.6 Å². The summed E-state index contributed by atoms with van der Waals surface area (Å²) < 4.78 is 7.41. The fourth-order valence-corrected chi connectivity index (χ4v) is 3.43. The highest BCUT2D eigenvalue weighted by Crippen LogP contribution is 2.29. The van der Waals surface area contributed by atoms with Gasteiger partial charge in [0.25, 0.3) is 5.91 Å². The summed E-state index contributed by atoms with van der Waals surface area (Å²) in [5.41, 5.74) is 2.66. The van der Waals surface area contributed by atoms with Crippen LogP contribution in [0, 0.1) is 0 Å². The second kappa shape index (κ2) is 8.12. The molecule has 1 saturated heterocycles. The van der Waals surface area contributed by atoms with Gasteiger partial charge in [0.1, 0.15) is 18.4 Å². The average molecular weight is 377 g/mol. The standard InChI is InChI=1S/C21H23N5O2/c1-2-28-20-6-4-3-5-19(20)24-11-13-25(14-12-24)21(27)17-7-9-18(10-8-17)26-16-22-15-23-26/h3-10,15-16H,2,11-14H2,1H3. The van der Waals surface area contributed by atoms with Crippen LogP contribution < -0.4 is 9.64 Å². The van der Waals surface area contributed by atoms with Gasteiger partial charge in [-0.25, -0.2) is 9.67 Å². The number of carbonyl (C=O) groups excluding carboxylic acids is 1. The molecular formula is C21H23N5O2. The predicted octanol–water partition coefficient (Wildman–Crippen LogP) is 2.63. The molecule has 1 aromatic heterocycles. The van der Waals surface area contributed by atoms with Gasteiger partial charge < -0.3 is 14.5 Å². The lowest BCUT2D eigenvalue weighted by Gasteiger charge is -2.36. The first-order chi connectivity index (χ1) is 13.8. The summed E-state index contributed by atoms with van der Waals surface area (Å²) in [6, 6.07) is 15.5. The molecule has 3 aromatic rings. The number of carbonyl (C=O) groups is 1. The summed E-state index contributed by atoms with van der Waals surface area (Å²) in [6.07, 6.45) is 3.12. The molecule has 0 unspecified atom stereocenters. The van der Waals surface area contributed by atoms with Gasteiger partial charge in [0.05, 0.1) is 18.0 Å². The van der Waals surface area contributed by atoms with Gasteiger partial charge >= 0.3 is 0 Å². The third-order valence-electron chi connectivity index (χ3n) is 4.87. The van der Waals surface area contributed by atoms with Crippen LogP contribution in [0.2, 0.25) is 0 Å². The summed E-state index contributed by atoms with van der Waals surface area (Å²) >= 11 is 0. The van der Waals surface area contributed by atoms with Crippen LogP contribution in [0.3, 0.4) is 0 Å². The van der Waals surface area contributed by atoms with Crippen molar-refractivity contribution in [1.29, 1.82) is 0 Å². The SMILES string of the molecule is CCOc1ccccc1N1CCN(C(=O)c2ccc(-n3cncn3)cc2)CC1. The van der Waals surface area contributed by atoms with Crippen LogP contribution in [-0.2, 0) is 0 Å². The van der Waals surface area contributed by atoms with E-state index in [9.17, 15) is 4.79 Å². The second-order valence-electron chi connectivity index (χ2n) is 6.57. The van der Waals surface area contributed by atoms with Crippen LogP contribution in [0.25, 0.3) is 5.69 Å². The Balaban J connectivity index is 1.40. The molecule has 28 heavy (non-hydrogen) atoms. The van der Waals surface area contributed by atoms with E-state index in [0.29, 0.717) is 25.3 Å². The molecule has 144 valence electrons. The molecule has 7 heteroatoms. The predicted molar refractivity (Wildman–Crippen MR) is 107 cm³/mol. The van der Waals surface area contributed by atoms with Crippen molar-refractivity contribution in [2.24, 2.45) is 0 Å². The number of hydrogen-bond acceptors (Lipinski definition) is 5. The molecule has 1 aliphatic heterocycles. The molecule has 4 rings (SSSR count). The first-order valence-corrected chi connectivity index (χ1v) is 9.47. The van der Waals surface area contributed by atoms with E-state index >= 15 is 0 Å². The van der Waals surface area contributed by atoms with Crippen molar-refractivity contribution < 1.29 is 9.53 Å². The van der Waals surface area contributed by atoms with E-state index in [1.165, 1.54) is 6.33 Å². The molecule has 0 bridgehead atoms. The zero-order valence-corrected chi connectivity index (χ0v) is 15.9. The van der Waals surface area contributed by atoms with Crippen molar-refractivity contribution in [3.63, 3.8) is 0 Å². The summed E-state index contributed by atoms with van der Waals surface area (Å²) in [5.74, 6) is 0.955. The normalized spacial score (nSPS) is 14.2. The number of benzene rings is 2. The molecule has 7 nitrogen and oxygen atoms in total. The Morgan fingerprint density at radius 2 is 1.79 bits per heavy atom. The Morgan fingerprint density at radius 3 is 2.46 bits per heavy atom. The van der Waals surface area contributed by atoms with E-state index in [-0.39, 0.29) is 5.91 Å². The van der Waals surface area contributed by atoms with Crippen LogP contribution in [0.4, 0.5) is 5.69 Å². The molecule has 0 aliphatic carbocycles. The minimum Gasteiger partial charge on any atom is -0.492 e. The van der Waals surface area contributed by atoms with E-state index in [2.05, 4.69) is 21.0 Å². The first-order valence-electron chi connectivity index (χ1n) is 9.47. The minimum atomic E-state index is 0.0582. The number of aromatic nitrogens is 3. The van der Waals surface area contributed by atoms with Gasteiger partial charge in [-0.15, -0.1) is 0 Å². The van der Waals surface area contributed by atoms with Gasteiger partial charge in [0.2, 0.25) is 0 Å². The fraction of sp³-hybridized carbons (Fsp3) is 0.286. The number of anilines is 1. The Morgan fingerprint density at radius 1 is 1.04 bits per heavy atom. The van der Waals surface area contributed by atoms with Gasteiger partial charge in [0.15, 0.2) is 0 Å². The third kappa shape index (κ3) is 3.69. The molecule has 2 heterocycles. The van der Waals surface area contributed by atoms with Gasteiger partial charge in [-0.1, -0.05) is 12.1 Å². The van der Waals surface area contributed by atoms with Gasteiger partial charge in [-0.3, -0.25) is 4.79 Å². The van der Waals surface area contributed by atoms with Gasteiger partial charge in [0, 0.05) is 31.7 Å². The molecule has 1 fully saturated rings. The molecule has 2 aromatic carbocycles. The molecule has 0 saturated carbocycles. The van der Waals surface area contributed by atoms with Crippen molar-refractivity contribution in [3.8, 4) is 11.4 Å². The highest BCUT2D eigenvalue weighted by molar-refractivity contribution is 5.94. The maximum absolute atomic E-state index is 12.9. The number of piperazine rings is 1. The maximum atomic E-state index is 12.9. The molecule has 0 spiro atoms. The Bertz CT molecular complexity index is 916. The number of para-hydroxylation sites is 2. The summed E-state index contributed by atoms with van der Waals surface area (Å²) in [7, 11) is 0. The summed E-state index contributed by atoms with van der Waals surface area (Å²) in [4.78, 5) is 21.0. The van der Waals surface area contributed by atoms with E-state index in [4.69, 9.17) is 4.74 Å². The lowest BCUT2D eigenvalue weighted by atomic mass is 10.1. The first kappa shape index (κ1) is 18.0. The zero-order chi connectivity index (χ0) is 19.3. The van der Waals surface area contributed by atoms with Crippen LogP contribution in [0.15, 0.2) is 61.2 Å². The van der Waals surface area contributed by atoms with Crippen LogP contribution in [0.5, 0.6) is 5.75 Å². The lowest BCUT2D eigenvalue weighted by molar-refractivity contribution is 0.0746.